The molecule has 96 valence electrons. The summed E-state index contributed by atoms with van der Waals surface area (Å²) in [6, 6.07) is 7.49. The summed E-state index contributed by atoms with van der Waals surface area (Å²) in [5.74, 6) is 0.645. The van der Waals surface area contributed by atoms with Crippen molar-refractivity contribution in [3.05, 3.63) is 34.9 Å². The van der Waals surface area contributed by atoms with Gasteiger partial charge in [-0.2, -0.15) is 0 Å². The molecule has 2 rings (SSSR count). The highest BCUT2D eigenvalue weighted by Crippen LogP contribution is 2.26. The van der Waals surface area contributed by atoms with Gasteiger partial charge in [0, 0.05) is 5.02 Å². The number of benzene rings is 1. The molecule has 1 aromatic carbocycles. The first-order chi connectivity index (χ1) is 7.75. The Kier molecular flexibility index (Phi) is 6.28. The zero-order valence-electron chi connectivity index (χ0n) is 9.73. The highest BCUT2D eigenvalue weighted by molar-refractivity contribution is 6.30. The average molecular weight is 276 g/mol. The molecule has 0 aliphatic carbocycles. The Morgan fingerprint density at radius 3 is 2.41 bits per heavy atom. The zero-order chi connectivity index (χ0) is 11.4. The molecule has 1 unspecified atom stereocenters. The van der Waals surface area contributed by atoms with Crippen LogP contribution >= 0.6 is 24.0 Å². The molecule has 0 aromatic heterocycles. The predicted octanol–water partition coefficient (Wildman–Crippen LogP) is 3.18. The van der Waals surface area contributed by atoms with E-state index in [0.717, 1.165) is 30.1 Å². The largest absolute Gasteiger partial charge is 0.388 e. The Bertz CT molecular complexity index is 323. The topological polar surface area (TPSA) is 32.3 Å². The molecule has 0 spiro atoms. The summed E-state index contributed by atoms with van der Waals surface area (Å²) in [6.07, 6.45) is 2.86. The van der Waals surface area contributed by atoms with Gasteiger partial charge < -0.3 is 10.4 Å². The van der Waals surface area contributed by atoms with E-state index >= 15 is 0 Å². The first-order valence-electron chi connectivity index (χ1n) is 5.90. The van der Waals surface area contributed by atoms with Crippen LogP contribution in [-0.4, -0.2) is 18.2 Å². The second-order valence-electron chi connectivity index (χ2n) is 4.50. The molecule has 1 aliphatic heterocycles. The number of hydrogen-bond donors (Lipinski definition) is 2. The van der Waals surface area contributed by atoms with Crippen molar-refractivity contribution in [3.8, 4) is 0 Å². The number of nitrogens with one attached hydrogen (secondary N) is 1. The lowest BCUT2D eigenvalue weighted by atomic mass is 9.90. The third kappa shape index (κ3) is 4.47. The summed E-state index contributed by atoms with van der Waals surface area (Å²) in [5.41, 5.74) is 0.975. The van der Waals surface area contributed by atoms with E-state index in [2.05, 4.69) is 5.32 Å². The number of aliphatic hydroxyl groups is 1. The Balaban J connectivity index is 0.00000144. The molecule has 1 saturated heterocycles. The van der Waals surface area contributed by atoms with Gasteiger partial charge in [0.15, 0.2) is 0 Å². The Morgan fingerprint density at radius 1 is 1.24 bits per heavy atom. The van der Waals surface area contributed by atoms with Gasteiger partial charge in [-0.25, -0.2) is 0 Å². The van der Waals surface area contributed by atoms with Gasteiger partial charge in [-0.1, -0.05) is 23.7 Å². The first kappa shape index (κ1) is 14.8. The molecular formula is C13H19Cl2NO. The fourth-order valence-corrected chi connectivity index (χ4v) is 2.38. The lowest BCUT2D eigenvalue weighted by molar-refractivity contribution is 0.133. The first-order valence-corrected chi connectivity index (χ1v) is 6.28. The maximum atomic E-state index is 10.1. The van der Waals surface area contributed by atoms with E-state index in [1.54, 1.807) is 0 Å². The summed E-state index contributed by atoms with van der Waals surface area (Å²) >= 11 is 5.82. The Labute approximate surface area is 114 Å². The summed E-state index contributed by atoms with van der Waals surface area (Å²) < 4.78 is 0. The van der Waals surface area contributed by atoms with Crippen molar-refractivity contribution in [2.45, 2.75) is 25.4 Å². The van der Waals surface area contributed by atoms with Crippen LogP contribution in [0.2, 0.25) is 5.02 Å². The van der Waals surface area contributed by atoms with Gasteiger partial charge in [-0.05, 0) is 56.0 Å². The minimum atomic E-state index is -0.347. The van der Waals surface area contributed by atoms with Gasteiger partial charge in [-0.3, -0.25) is 0 Å². The molecular weight excluding hydrogens is 257 g/mol. The number of rotatable bonds is 3. The molecule has 1 heterocycles. The minimum Gasteiger partial charge on any atom is -0.388 e. The third-order valence-corrected chi connectivity index (χ3v) is 3.52. The highest BCUT2D eigenvalue weighted by Gasteiger charge is 2.18. The Morgan fingerprint density at radius 2 is 1.82 bits per heavy atom. The lowest BCUT2D eigenvalue weighted by Gasteiger charge is -2.24. The van der Waals surface area contributed by atoms with Crippen LogP contribution in [0.4, 0.5) is 0 Å². The number of halogens is 2. The number of piperidine rings is 1. The maximum absolute atomic E-state index is 10.1. The highest BCUT2D eigenvalue weighted by atomic mass is 35.5. The van der Waals surface area contributed by atoms with Crippen LogP contribution in [-0.2, 0) is 0 Å². The van der Waals surface area contributed by atoms with Crippen molar-refractivity contribution < 1.29 is 5.11 Å². The van der Waals surface area contributed by atoms with Crippen LogP contribution in [0.1, 0.15) is 30.9 Å². The van der Waals surface area contributed by atoms with Crippen LogP contribution in [0.15, 0.2) is 24.3 Å². The van der Waals surface area contributed by atoms with E-state index in [4.69, 9.17) is 11.6 Å². The van der Waals surface area contributed by atoms with E-state index in [9.17, 15) is 5.11 Å². The number of aliphatic hydroxyl groups excluding tert-OH is 1. The molecule has 0 saturated carbocycles. The molecule has 0 amide bonds. The third-order valence-electron chi connectivity index (χ3n) is 3.27. The molecule has 0 radical (unpaired) electrons. The van der Waals surface area contributed by atoms with E-state index in [0.29, 0.717) is 5.92 Å². The van der Waals surface area contributed by atoms with Crippen LogP contribution in [0.25, 0.3) is 0 Å². The molecule has 0 bridgehead atoms. The molecule has 17 heavy (non-hydrogen) atoms. The predicted molar refractivity (Wildman–Crippen MR) is 73.9 cm³/mol. The molecule has 4 heteroatoms. The Hall–Kier alpha value is -0.280. The van der Waals surface area contributed by atoms with Crippen LogP contribution in [0.5, 0.6) is 0 Å². The van der Waals surface area contributed by atoms with Crippen LogP contribution in [0, 0.1) is 5.92 Å². The summed E-state index contributed by atoms with van der Waals surface area (Å²) in [5, 5.41) is 14.2. The summed E-state index contributed by atoms with van der Waals surface area (Å²) in [7, 11) is 0. The standard InChI is InChI=1S/C13H18ClNO.ClH/c14-12-3-1-11(2-4-12)13(16)9-10-5-7-15-8-6-10;/h1-4,10,13,15-16H,5-9H2;1H. The molecule has 2 N–H and O–H groups in total. The van der Waals surface area contributed by atoms with E-state index in [1.165, 1.54) is 12.8 Å². The van der Waals surface area contributed by atoms with Crippen molar-refractivity contribution in [2.24, 2.45) is 5.92 Å². The van der Waals surface area contributed by atoms with Gasteiger partial charge in [0.05, 0.1) is 6.10 Å². The van der Waals surface area contributed by atoms with Crippen LogP contribution in [0.3, 0.4) is 0 Å². The summed E-state index contributed by atoms with van der Waals surface area (Å²) in [6.45, 7) is 2.16. The fraction of sp³-hybridized carbons (Fsp3) is 0.538. The van der Waals surface area contributed by atoms with Crippen molar-refractivity contribution in [2.75, 3.05) is 13.1 Å². The molecule has 1 aromatic rings. The second-order valence-corrected chi connectivity index (χ2v) is 4.93. The average Bonchev–Trinajstić information content (AvgIpc) is 2.31. The van der Waals surface area contributed by atoms with E-state index < -0.39 is 0 Å². The van der Waals surface area contributed by atoms with E-state index in [-0.39, 0.29) is 18.5 Å². The van der Waals surface area contributed by atoms with Crippen molar-refractivity contribution in [1.29, 1.82) is 0 Å². The quantitative estimate of drug-likeness (QED) is 0.888. The van der Waals surface area contributed by atoms with Gasteiger partial charge >= 0.3 is 0 Å². The molecule has 1 atom stereocenters. The normalized spacial score (nSPS) is 18.5. The lowest BCUT2D eigenvalue weighted by Crippen LogP contribution is -2.28. The van der Waals surface area contributed by atoms with Crippen molar-refractivity contribution in [1.82, 2.24) is 5.32 Å². The molecule has 1 fully saturated rings. The SMILES string of the molecule is Cl.OC(CC1CCNCC1)c1ccc(Cl)cc1. The molecule has 1 aliphatic rings. The van der Waals surface area contributed by atoms with Gasteiger partial charge in [-0.15, -0.1) is 12.4 Å². The minimum absolute atomic E-state index is 0. The van der Waals surface area contributed by atoms with Crippen molar-refractivity contribution in [3.63, 3.8) is 0 Å². The van der Waals surface area contributed by atoms with Crippen molar-refractivity contribution >= 4 is 24.0 Å². The monoisotopic (exact) mass is 275 g/mol. The van der Waals surface area contributed by atoms with Gasteiger partial charge in [0.25, 0.3) is 0 Å². The van der Waals surface area contributed by atoms with Gasteiger partial charge in [0.1, 0.15) is 0 Å². The zero-order valence-corrected chi connectivity index (χ0v) is 11.3. The summed E-state index contributed by atoms with van der Waals surface area (Å²) in [4.78, 5) is 0. The van der Waals surface area contributed by atoms with Gasteiger partial charge in [0.2, 0.25) is 0 Å². The van der Waals surface area contributed by atoms with E-state index in [1.807, 2.05) is 24.3 Å². The second kappa shape index (κ2) is 7.22. The fourth-order valence-electron chi connectivity index (χ4n) is 2.25. The molecule has 2 nitrogen and oxygen atoms in total. The smallest absolute Gasteiger partial charge is 0.0792 e. The van der Waals surface area contributed by atoms with Crippen LogP contribution < -0.4 is 5.32 Å². The number of hydrogen-bond acceptors (Lipinski definition) is 2. The maximum Gasteiger partial charge on any atom is 0.0792 e.